The smallest absolute Gasteiger partial charge is 0.258 e. The summed E-state index contributed by atoms with van der Waals surface area (Å²) in [6.45, 7) is 7.18. The highest BCUT2D eigenvalue weighted by atomic mass is 16.5. The van der Waals surface area contributed by atoms with Crippen molar-refractivity contribution in [2.24, 2.45) is 0 Å². The number of aryl methyl sites for hydroxylation is 1. The van der Waals surface area contributed by atoms with Crippen LogP contribution in [0.5, 0.6) is 11.5 Å². The molecule has 0 aliphatic rings. The summed E-state index contributed by atoms with van der Waals surface area (Å²) in [6, 6.07) is 15.6. The van der Waals surface area contributed by atoms with Crippen molar-refractivity contribution >= 4 is 5.91 Å². The van der Waals surface area contributed by atoms with Crippen molar-refractivity contribution in [2.45, 2.75) is 26.7 Å². The number of hydrogen-bond donors (Lipinski definition) is 1. The Hall–Kier alpha value is -2.49. The quantitative estimate of drug-likeness (QED) is 0.752. The lowest BCUT2D eigenvalue weighted by atomic mass is 10.0. The summed E-state index contributed by atoms with van der Waals surface area (Å²) in [5, 5.41) is 2.78. The number of hydrogen-bond acceptors (Lipinski definition) is 3. The van der Waals surface area contributed by atoms with Gasteiger partial charge in [0.1, 0.15) is 18.1 Å². The third-order valence-corrected chi connectivity index (χ3v) is 3.61. The zero-order valence-electron chi connectivity index (χ0n) is 14.5. The van der Waals surface area contributed by atoms with Gasteiger partial charge < -0.3 is 14.8 Å². The summed E-state index contributed by atoms with van der Waals surface area (Å²) in [7, 11) is 0. The van der Waals surface area contributed by atoms with Crippen molar-refractivity contribution in [1.29, 1.82) is 0 Å². The fourth-order valence-electron chi connectivity index (χ4n) is 2.16. The Kier molecular flexibility index (Phi) is 6.67. The minimum absolute atomic E-state index is 0.00585. The molecule has 0 atom stereocenters. The van der Waals surface area contributed by atoms with Gasteiger partial charge in [-0.05, 0) is 42.7 Å². The monoisotopic (exact) mass is 327 g/mol. The number of nitrogens with one attached hydrogen (secondary N) is 1. The van der Waals surface area contributed by atoms with Crippen LogP contribution in [-0.4, -0.2) is 25.7 Å². The molecule has 0 saturated carbocycles. The molecule has 0 saturated heterocycles. The zero-order valence-corrected chi connectivity index (χ0v) is 14.5. The SMILES string of the molecule is Cc1ccc(OCC(=O)NCCOc2cccc(C(C)C)c2)cc1. The highest BCUT2D eigenvalue weighted by Gasteiger charge is 2.04. The van der Waals surface area contributed by atoms with Gasteiger partial charge in [-0.15, -0.1) is 0 Å². The first-order valence-electron chi connectivity index (χ1n) is 8.23. The lowest BCUT2D eigenvalue weighted by Crippen LogP contribution is -2.32. The minimum Gasteiger partial charge on any atom is -0.492 e. The van der Waals surface area contributed by atoms with Gasteiger partial charge in [-0.2, -0.15) is 0 Å². The van der Waals surface area contributed by atoms with Gasteiger partial charge in [0.25, 0.3) is 5.91 Å². The Morgan fingerprint density at radius 2 is 1.79 bits per heavy atom. The Balaban J connectivity index is 1.65. The van der Waals surface area contributed by atoms with Crippen molar-refractivity contribution in [3.8, 4) is 11.5 Å². The first kappa shape index (κ1) is 17.9. The molecule has 0 radical (unpaired) electrons. The number of ether oxygens (including phenoxy) is 2. The van der Waals surface area contributed by atoms with Gasteiger partial charge in [0.05, 0.1) is 6.54 Å². The van der Waals surface area contributed by atoms with E-state index in [0.29, 0.717) is 24.8 Å². The zero-order chi connectivity index (χ0) is 17.4. The Morgan fingerprint density at radius 1 is 1.04 bits per heavy atom. The molecule has 0 aliphatic carbocycles. The highest BCUT2D eigenvalue weighted by molar-refractivity contribution is 5.77. The second kappa shape index (κ2) is 8.96. The van der Waals surface area contributed by atoms with Crippen molar-refractivity contribution in [3.05, 3.63) is 59.7 Å². The van der Waals surface area contributed by atoms with Crippen LogP contribution >= 0.6 is 0 Å². The standard InChI is InChI=1S/C20H25NO3/c1-15(2)17-5-4-6-19(13-17)23-12-11-21-20(22)14-24-18-9-7-16(3)8-10-18/h4-10,13,15H,11-12,14H2,1-3H3,(H,21,22). The van der Waals surface area contributed by atoms with Gasteiger partial charge >= 0.3 is 0 Å². The maximum Gasteiger partial charge on any atom is 0.258 e. The molecule has 0 bridgehead atoms. The summed E-state index contributed by atoms with van der Waals surface area (Å²) >= 11 is 0. The predicted octanol–water partition coefficient (Wildman–Crippen LogP) is 3.69. The van der Waals surface area contributed by atoms with E-state index >= 15 is 0 Å². The summed E-state index contributed by atoms with van der Waals surface area (Å²) in [6.07, 6.45) is 0. The second-order valence-corrected chi connectivity index (χ2v) is 6.03. The topological polar surface area (TPSA) is 47.6 Å². The number of benzene rings is 2. The second-order valence-electron chi connectivity index (χ2n) is 6.03. The molecule has 24 heavy (non-hydrogen) atoms. The molecule has 0 aliphatic heterocycles. The van der Waals surface area contributed by atoms with Crippen LogP contribution in [0.3, 0.4) is 0 Å². The van der Waals surface area contributed by atoms with Crippen LogP contribution in [0, 0.1) is 6.92 Å². The molecule has 2 aromatic rings. The molecule has 0 spiro atoms. The van der Waals surface area contributed by atoms with E-state index in [1.54, 1.807) is 0 Å². The fourth-order valence-corrected chi connectivity index (χ4v) is 2.16. The van der Waals surface area contributed by atoms with Crippen LogP contribution in [0.2, 0.25) is 0 Å². The van der Waals surface area contributed by atoms with E-state index in [2.05, 4.69) is 25.2 Å². The molecule has 4 heteroatoms. The lowest BCUT2D eigenvalue weighted by Gasteiger charge is -2.11. The molecule has 2 rings (SSSR count). The van der Waals surface area contributed by atoms with Crippen molar-refractivity contribution in [1.82, 2.24) is 5.32 Å². The minimum atomic E-state index is -0.157. The molecule has 0 aromatic heterocycles. The van der Waals surface area contributed by atoms with E-state index < -0.39 is 0 Å². The third-order valence-electron chi connectivity index (χ3n) is 3.61. The molecule has 0 unspecified atom stereocenters. The van der Waals surface area contributed by atoms with E-state index in [1.165, 1.54) is 5.56 Å². The van der Waals surface area contributed by atoms with Gasteiger partial charge in [-0.3, -0.25) is 4.79 Å². The summed E-state index contributed by atoms with van der Waals surface area (Å²) in [4.78, 5) is 11.7. The van der Waals surface area contributed by atoms with Crippen LogP contribution < -0.4 is 14.8 Å². The maximum atomic E-state index is 11.7. The lowest BCUT2D eigenvalue weighted by molar-refractivity contribution is -0.123. The highest BCUT2D eigenvalue weighted by Crippen LogP contribution is 2.19. The number of amides is 1. The van der Waals surface area contributed by atoms with Crippen LogP contribution in [0.15, 0.2) is 48.5 Å². The number of carbonyl (C=O) groups is 1. The van der Waals surface area contributed by atoms with Crippen LogP contribution in [0.1, 0.15) is 30.9 Å². The summed E-state index contributed by atoms with van der Waals surface area (Å²) < 4.78 is 11.1. The van der Waals surface area contributed by atoms with E-state index in [4.69, 9.17) is 9.47 Å². The number of carbonyl (C=O) groups excluding carboxylic acids is 1. The van der Waals surface area contributed by atoms with Gasteiger partial charge in [0, 0.05) is 0 Å². The molecule has 1 N–H and O–H groups in total. The van der Waals surface area contributed by atoms with Crippen LogP contribution in [0.4, 0.5) is 0 Å². The molecule has 1 amide bonds. The summed E-state index contributed by atoms with van der Waals surface area (Å²) in [5.41, 5.74) is 2.40. The molecular weight excluding hydrogens is 302 g/mol. The van der Waals surface area contributed by atoms with E-state index in [1.807, 2.05) is 49.4 Å². The van der Waals surface area contributed by atoms with E-state index in [9.17, 15) is 4.79 Å². The van der Waals surface area contributed by atoms with Crippen LogP contribution in [0.25, 0.3) is 0 Å². The van der Waals surface area contributed by atoms with Crippen molar-refractivity contribution < 1.29 is 14.3 Å². The predicted molar refractivity (Wildman–Crippen MR) is 95.7 cm³/mol. The number of rotatable bonds is 8. The molecule has 0 heterocycles. The van der Waals surface area contributed by atoms with Gasteiger partial charge in [0.15, 0.2) is 6.61 Å². The molecule has 2 aromatic carbocycles. The molecule has 0 fully saturated rings. The van der Waals surface area contributed by atoms with E-state index in [-0.39, 0.29) is 12.5 Å². The Morgan fingerprint density at radius 3 is 2.50 bits per heavy atom. The molecule has 128 valence electrons. The Bertz CT molecular complexity index is 650. The molecule has 4 nitrogen and oxygen atoms in total. The third kappa shape index (κ3) is 5.95. The first-order chi connectivity index (χ1) is 11.5. The van der Waals surface area contributed by atoms with Crippen molar-refractivity contribution in [2.75, 3.05) is 19.8 Å². The van der Waals surface area contributed by atoms with Crippen LogP contribution in [-0.2, 0) is 4.79 Å². The normalized spacial score (nSPS) is 10.5. The van der Waals surface area contributed by atoms with E-state index in [0.717, 1.165) is 11.3 Å². The van der Waals surface area contributed by atoms with Gasteiger partial charge in [0.2, 0.25) is 0 Å². The Labute approximate surface area is 143 Å². The molecular formula is C20H25NO3. The first-order valence-corrected chi connectivity index (χ1v) is 8.23. The van der Waals surface area contributed by atoms with Crippen molar-refractivity contribution in [3.63, 3.8) is 0 Å². The largest absolute Gasteiger partial charge is 0.492 e. The fraction of sp³-hybridized carbons (Fsp3) is 0.350. The summed E-state index contributed by atoms with van der Waals surface area (Å²) in [5.74, 6) is 1.83. The van der Waals surface area contributed by atoms with Gasteiger partial charge in [-0.1, -0.05) is 43.7 Å². The van der Waals surface area contributed by atoms with Gasteiger partial charge in [-0.25, -0.2) is 0 Å². The average molecular weight is 327 g/mol. The maximum absolute atomic E-state index is 11.7. The average Bonchev–Trinajstić information content (AvgIpc) is 2.58.